The summed E-state index contributed by atoms with van der Waals surface area (Å²) in [5.41, 5.74) is 4.96. The van der Waals surface area contributed by atoms with E-state index in [0.29, 0.717) is 16.2 Å². The lowest BCUT2D eigenvalue weighted by atomic mass is 10.0. The van der Waals surface area contributed by atoms with E-state index in [9.17, 15) is 4.79 Å². The van der Waals surface area contributed by atoms with Crippen molar-refractivity contribution in [2.45, 2.75) is 13.8 Å². The monoisotopic (exact) mass is 489 g/mol. The van der Waals surface area contributed by atoms with Crippen LogP contribution in [-0.2, 0) is 0 Å². The lowest BCUT2D eigenvalue weighted by molar-refractivity contribution is 0.561. The Hall–Kier alpha value is -1.76. The van der Waals surface area contributed by atoms with Crippen LogP contribution in [0.25, 0.3) is 32.8 Å². The molecule has 0 aliphatic rings. The highest BCUT2D eigenvalue weighted by Crippen LogP contribution is 2.33. The third kappa shape index (κ3) is 3.17. The average Bonchev–Trinajstić information content (AvgIpc) is 3.04. The maximum absolute atomic E-state index is 12.5. The number of aromatic nitrogens is 1. The van der Waals surface area contributed by atoms with Crippen molar-refractivity contribution in [3.8, 4) is 21.8 Å². The van der Waals surface area contributed by atoms with Gasteiger partial charge in [0, 0.05) is 20.8 Å². The second kappa shape index (κ2) is 6.76. The zero-order valence-corrected chi connectivity index (χ0v) is 18.0. The molecular formula is C20H13Br2NO2S. The van der Waals surface area contributed by atoms with Gasteiger partial charge < -0.3 is 4.42 Å². The highest BCUT2D eigenvalue weighted by molar-refractivity contribution is 9.11. The molecule has 2 aromatic carbocycles. The number of hydrogen-bond donors (Lipinski definition) is 0. The molecule has 6 heteroatoms. The molecule has 0 saturated heterocycles. The van der Waals surface area contributed by atoms with E-state index < -0.39 is 0 Å². The van der Waals surface area contributed by atoms with E-state index in [1.807, 2.05) is 23.6 Å². The van der Waals surface area contributed by atoms with Crippen molar-refractivity contribution in [2.24, 2.45) is 0 Å². The molecule has 4 rings (SSSR count). The first-order chi connectivity index (χ1) is 12.4. The molecule has 0 unspecified atom stereocenters. The van der Waals surface area contributed by atoms with Gasteiger partial charge >= 0.3 is 5.63 Å². The standard InChI is InChI=1S/C20H13Br2NO2S/c1-10-3-4-14(11(2)5-10)17-9-26-19(23-17)15-7-12-6-13(21)8-16(22)18(12)25-20(15)24/h3-9H,1-2H3. The Balaban J connectivity index is 1.85. The van der Waals surface area contributed by atoms with E-state index >= 15 is 0 Å². The lowest BCUT2D eigenvalue weighted by Crippen LogP contribution is -2.02. The van der Waals surface area contributed by atoms with Crippen molar-refractivity contribution in [3.63, 3.8) is 0 Å². The maximum atomic E-state index is 12.5. The first kappa shape index (κ1) is 17.6. The van der Waals surface area contributed by atoms with Gasteiger partial charge in [-0.05, 0) is 53.5 Å². The van der Waals surface area contributed by atoms with Crippen LogP contribution in [0.4, 0.5) is 0 Å². The van der Waals surface area contributed by atoms with Crippen molar-refractivity contribution >= 4 is 54.2 Å². The zero-order valence-electron chi connectivity index (χ0n) is 14.0. The van der Waals surface area contributed by atoms with Crippen LogP contribution in [0.2, 0.25) is 0 Å². The Labute approximate surface area is 171 Å². The van der Waals surface area contributed by atoms with E-state index in [1.165, 1.54) is 22.5 Å². The largest absolute Gasteiger partial charge is 0.421 e. The second-order valence-corrected chi connectivity index (χ2v) is 8.74. The van der Waals surface area contributed by atoms with Gasteiger partial charge in [0.25, 0.3) is 0 Å². The number of rotatable bonds is 2. The summed E-state index contributed by atoms with van der Waals surface area (Å²) in [7, 11) is 0. The van der Waals surface area contributed by atoms with Crippen LogP contribution < -0.4 is 5.63 Å². The minimum atomic E-state index is -0.387. The van der Waals surface area contributed by atoms with E-state index in [-0.39, 0.29) is 5.63 Å². The zero-order chi connectivity index (χ0) is 18.4. The van der Waals surface area contributed by atoms with Crippen molar-refractivity contribution in [1.82, 2.24) is 4.98 Å². The normalized spacial score (nSPS) is 11.2. The average molecular weight is 491 g/mol. The van der Waals surface area contributed by atoms with Crippen molar-refractivity contribution in [3.05, 3.63) is 72.3 Å². The van der Waals surface area contributed by atoms with Crippen LogP contribution in [0.15, 0.2) is 59.9 Å². The molecule has 0 amide bonds. The maximum Gasteiger partial charge on any atom is 0.346 e. The molecule has 26 heavy (non-hydrogen) atoms. The summed E-state index contributed by atoms with van der Waals surface area (Å²) in [6, 6.07) is 11.9. The van der Waals surface area contributed by atoms with Gasteiger partial charge in [-0.25, -0.2) is 9.78 Å². The van der Waals surface area contributed by atoms with Crippen LogP contribution in [0.3, 0.4) is 0 Å². The minimum absolute atomic E-state index is 0.387. The molecule has 130 valence electrons. The van der Waals surface area contributed by atoms with Gasteiger partial charge in [0.2, 0.25) is 0 Å². The molecule has 3 nitrogen and oxygen atoms in total. The van der Waals surface area contributed by atoms with Gasteiger partial charge in [-0.15, -0.1) is 11.3 Å². The molecule has 2 aromatic heterocycles. The molecule has 0 spiro atoms. The first-order valence-electron chi connectivity index (χ1n) is 7.89. The Morgan fingerprint density at radius 2 is 1.85 bits per heavy atom. The molecule has 0 aliphatic carbocycles. The molecule has 0 atom stereocenters. The summed E-state index contributed by atoms with van der Waals surface area (Å²) in [5.74, 6) is 0. The van der Waals surface area contributed by atoms with Crippen molar-refractivity contribution in [2.75, 3.05) is 0 Å². The number of hydrogen-bond acceptors (Lipinski definition) is 4. The molecule has 2 heterocycles. The van der Waals surface area contributed by atoms with Crippen LogP contribution in [-0.4, -0.2) is 4.98 Å². The summed E-state index contributed by atoms with van der Waals surface area (Å²) in [6.07, 6.45) is 0. The third-order valence-electron chi connectivity index (χ3n) is 4.14. The molecule has 4 aromatic rings. The Morgan fingerprint density at radius 3 is 2.62 bits per heavy atom. The van der Waals surface area contributed by atoms with Gasteiger partial charge in [0.15, 0.2) is 5.58 Å². The van der Waals surface area contributed by atoms with E-state index in [4.69, 9.17) is 4.42 Å². The molecular weight excluding hydrogens is 478 g/mol. The van der Waals surface area contributed by atoms with Crippen LogP contribution in [0, 0.1) is 13.8 Å². The molecule has 0 saturated carbocycles. The van der Waals surface area contributed by atoms with Crippen molar-refractivity contribution < 1.29 is 4.42 Å². The quantitative estimate of drug-likeness (QED) is 0.293. The van der Waals surface area contributed by atoms with Gasteiger partial charge in [-0.1, -0.05) is 39.7 Å². The SMILES string of the molecule is Cc1ccc(-c2csc(-c3cc4cc(Br)cc(Br)c4oc3=O)n2)c(C)c1. The van der Waals surface area contributed by atoms with E-state index in [0.717, 1.165) is 25.6 Å². The molecule has 0 fully saturated rings. The summed E-state index contributed by atoms with van der Waals surface area (Å²) >= 11 is 8.35. The highest BCUT2D eigenvalue weighted by Gasteiger charge is 2.15. The number of aryl methyl sites for hydroxylation is 2. The summed E-state index contributed by atoms with van der Waals surface area (Å²) in [5, 5.41) is 3.48. The number of thiazole rings is 1. The molecule has 0 bridgehead atoms. The predicted molar refractivity (Wildman–Crippen MR) is 114 cm³/mol. The number of benzene rings is 2. The third-order valence-corrected chi connectivity index (χ3v) is 6.07. The lowest BCUT2D eigenvalue weighted by Gasteiger charge is -2.04. The van der Waals surface area contributed by atoms with Gasteiger partial charge in [-0.3, -0.25) is 0 Å². The Morgan fingerprint density at radius 1 is 1.04 bits per heavy atom. The van der Waals surface area contributed by atoms with Crippen LogP contribution in [0.5, 0.6) is 0 Å². The summed E-state index contributed by atoms with van der Waals surface area (Å²) < 4.78 is 7.18. The second-order valence-electron chi connectivity index (χ2n) is 6.11. The molecule has 0 N–H and O–H groups in total. The number of fused-ring (bicyclic) bond motifs is 1. The van der Waals surface area contributed by atoms with Gasteiger partial charge in [-0.2, -0.15) is 0 Å². The molecule has 0 radical (unpaired) electrons. The Kier molecular flexibility index (Phi) is 4.59. The van der Waals surface area contributed by atoms with Crippen LogP contribution >= 0.6 is 43.2 Å². The van der Waals surface area contributed by atoms with Crippen molar-refractivity contribution in [1.29, 1.82) is 0 Å². The van der Waals surface area contributed by atoms with Crippen LogP contribution in [0.1, 0.15) is 11.1 Å². The summed E-state index contributed by atoms with van der Waals surface area (Å²) in [4.78, 5) is 17.2. The van der Waals surface area contributed by atoms with Gasteiger partial charge in [0.05, 0.1) is 15.7 Å². The van der Waals surface area contributed by atoms with Gasteiger partial charge in [0.1, 0.15) is 5.01 Å². The Bertz CT molecular complexity index is 1210. The summed E-state index contributed by atoms with van der Waals surface area (Å²) in [6.45, 7) is 4.14. The highest BCUT2D eigenvalue weighted by atomic mass is 79.9. The topological polar surface area (TPSA) is 43.1 Å². The minimum Gasteiger partial charge on any atom is -0.421 e. The van der Waals surface area contributed by atoms with E-state index in [1.54, 1.807) is 0 Å². The number of halogens is 2. The smallest absolute Gasteiger partial charge is 0.346 e. The first-order valence-corrected chi connectivity index (χ1v) is 10.4. The fraction of sp³-hybridized carbons (Fsp3) is 0.100. The predicted octanol–water partition coefficient (Wildman–Crippen LogP) is 6.73. The fourth-order valence-electron chi connectivity index (χ4n) is 2.93. The molecule has 0 aliphatic heterocycles. The number of nitrogens with zero attached hydrogens (tertiary/aromatic N) is 1. The fourth-order valence-corrected chi connectivity index (χ4v) is 5.09. The van der Waals surface area contributed by atoms with E-state index in [2.05, 4.69) is 68.9 Å².